The Labute approximate surface area is 113 Å². The van der Waals surface area contributed by atoms with Crippen LogP contribution in [0.1, 0.15) is 0 Å². The fourth-order valence-electron chi connectivity index (χ4n) is 2.34. The highest BCUT2D eigenvalue weighted by atomic mass is 28.4. The van der Waals surface area contributed by atoms with E-state index in [1.54, 1.807) is 21.3 Å². The Kier molecular flexibility index (Phi) is 6.45. The molecule has 0 spiro atoms. The first-order valence-corrected chi connectivity index (χ1v) is 11.6. The third-order valence-corrected chi connectivity index (χ3v) is 10.7. The van der Waals surface area contributed by atoms with E-state index < -0.39 is 17.0 Å². The van der Waals surface area contributed by atoms with Crippen molar-refractivity contribution in [3.63, 3.8) is 0 Å². The second-order valence-corrected chi connectivity index (χ2v) is 13.1. The summed E-state index contributed by atoms with van der Waals surface area (Å²) in [5, 5.41) is 0. The zero-order valence-electron chi connectivity index (χ0n) is 12.3. The minimum atomic E-state index is -2.41. The van der Waals surface area contributed by atoms with Gasteiger partial charge in [0.15, 0.2) is 0 Å². The van der Waals surface area contributed by atoms with Crippen LogP contribution in [0.2, 0.25) is 25.2 Å². The lowest BCUT2D eigenvalue weighted by atomic mass is 10.5. The van der Waals surface area contributed by atoms with Gasteiger partial charge in [-0.25, -0.2) is 0 Å². The smallest absolute Gasteiger partial charge is 0.379 e. The zero-order valence-corrected chi connectivity index (χ0v) is 14.3. The molecule has 18 heavy (non-hydrogen) atoms. The van der Waals surface area contributed by atoms with E-state index in [-0.39, 0.29) is 0 Å². The molecular weight excluding hydrogens is 266 g/mol. The van der Waals surface area contributed by atoms with Crippen molar-refractivity contribution in [3.05, 3.63) is 0 Å². The van der Waals surface area contributed by atoms with Crippen molar-refractivity contribution in [2.24, 2.45) is 0 Å². The molecule has 0 aromatic heterocycles. The normalized spacial score (nSPS) is 19.2. The average Bonchev–Trinajstić information content (AvgIpc) is 2.42. The van der Waals surface area contributed by atoms with Gasteiger partial charge in [0.2, 0.25) is 0 Å². The van der Waals surface area contributed by atoms with Gasteiger partial charge in [0, 0.05) is 40.5 Å². The molecule has 5 nitrogen and oxygen atoms in total. The molecule has 0 unspecified atom stereocenters. The molecule has 1 rings (SSSR count). The van der Waals surface area contributed by atoms with Gasteiger partial charge in [0.25, 0.3) is 0 Å². The molecule has 1 saturated heterocycles. The van der Waals surface area contributed by atoms with Crippen LogP contribution in [0.4, 0.5) is 0 Å². The van der Waals surface area contributed by atoms with Crippen molar-refractivity contribution in [3.8, 4) is 0 Å². The Morgan fingerprint density at radius 3 is 1.89 bits per heavy atom. The van der Waals surface area contributed by atoms with Crippen LogP contribution >= 0.6 is 0 Å². The summed E-state index contributed by atoms with van der Waals surface area (Å²) >= 11 is 0. The molecule has 0 aromatic carbocycles. The number of nitrogens with zero attached hydrogens (tertiary/aromatic N) is 1. The van der Waals surface area contributed by atoms with Crippen molar-refractivity contribution in [2.75, 3.05) is 47.6 Å². The highest BCUT2D eigenvalue weighted by molar-refractivity contribution is 6.76. The van der Waals surface area contributed by atoms with Gasteiger partial charge in [0.05, 0.1) is 13.2 Å². The molecule has 1 aliphatic heterocycles. The number of morpholine rings is 1. The predicted molar refractivity (Wildman–Crippen MR) is 76.3 cm³/mol. The van der Waals surface area contributed by atoms with Gasteiger partial charge in [-0.3, -0.25) is 0 Å². The summed E-state index contributed by atoms with van der Waals surface area (Å²) < 4.78 is 24.5. The monoisotopic (exact) mass is 293 g/mol. The number of ether oxygens (including phenoxy) is 1. The van der Waals surface area contributed by atoms with Crippen LogP contribution in [0.15, 0.2) is 0 Å². The maximum atomic E-state index is 5.49. The van der Waals surface area contributed by atoms with Crippen LogP contribution in [-0.2, 0) is 18.0 Å². The Balaban J connectivity index is 2.53. The third-order valence-electron chi connectivity index (χ3n) is 3.84. The van der Waals surface area contributed by atoms with E-state index in [1.165, 1.54) is 0 Å². The summed E-state index contributed by atoms with van der Waals surface area (Å²) in [4.78, 5) is 0. The standard InChI is InChI=1S/C11H27NO4Si2/c1-13-18(14-2,15-3)11-10-17(4,5)12-6-8-16-9-7-12/h6-11H2,1-5H3. The molecule has 1 aliphatic rings. The molecule has 7 heteroatoms. The molecule has 0 radical (unpaired) electrons. The van der Waals surface area contributed by atoms with Crippen LogP contribution in [-0.4, -0.2) is 69.2 Å². The van der Waals surface area contributed by atoms with E-state index >= 15 is 0 Å². The lowest BCUT2D eigenvalue weighted by molar-refractivity contribution is 0.0687. The Morgan fingerprint density at radius 1 is 0.944 bits per heavy atom. The Bertz CT molecular complexity index is 235. The Hall–Kier alpha value is 0.234. The molecule has 0 amide bonds. The van der Waals surface area contributed by atoms with Crippen LogP contribution in [0.5, 0.6) is 0 Å². The van der Waals surface area contributed by atoms with E-state index in [9.17, 15) is 0 Å². The third kappa shape index (κ3) is 4.12. The first-order valence-electron chi connectivity index (χ1n) is 6.48. The molecule has 0 bridgehead atoms. The van der Waals surface area contributed by atoms with E-state index in [1.807, 2.05) is 0 Å². The predicted octanol–water partition coefficient (Wildman–Crippen LogP) is 1.40. The summed E-state index contributed by atoms with van der Waals surface area (Å²) in [5.41, 5.74) is 0. The fourth-order valence-corrected chi connectivity index (χ4v) is 8.84. The lowest BCUT2D eigenvalue weighted by Crippen LogP contribution is -2.55. The van der Waals surface area contributed by atoms with Crippen LogP contribution in [0.3, 0.4) is 0 Å². The molecule has 1 heterocycles. The van der Waals surface area contributed by atoms with Crippen molar-refractivity contribution in [1.29, 1.82) is 0 Å². The van der Waals surface area contributed by atoms with Gasteiger partial charge in [-0.05, 0) is 6.04 Å². The summed E-state index contributed by atoms with van der Waals surface area (Å²) in [7, 11) is 1.22. The van der Waals surface area contributed by atoms with Crippen LogP contribution in [0.25, 0.3) is 0 Å². The van der Waals surface area contributed by atoms with E-state index in [2.05, 4.69) is 17.7 Å². The quantitative estimate of drug-likeness (QED) is 0.664. The summed E-state index contributed by atoms with van der Waals surface area (Å²) in [6.45, 7) is 8.63. The molecule has 0 aromatic rings. The van der Waals surface area contributed by atoms with Gasteiger partial charge >= 0.3 is 8.80 Å². The summed E-state index contributed by atoms with van der Waals surface area (Å²) in [6, 6.07) is 2.03. The SMILES string of the molecule is CO[Si](CC[Si](C)(C)N1CCOCC1)(OC)OC. The first-order chi connectivity index (χ1) is 8.49. The van der Waals surface area contributed by atoms with Crippen LogP contribution < -0.4 is 0 Å². The van der Waals surface area contributed by atoms with E-state index in [4.69, 9.17) is 18.0 Å². The highest BCUT2D eigenvalue weighted by Gasteiger charge is 2.41. The maximum absolute atomic E-state index is 5.49. The largest absolute Gasteiger partial charge is 0.499 e. The van der Waals surface area contributed by atoms with Gasteiger partial charge in [0.1, 0.15) is 8.24 Å². The molecular formula is C11H27NO4Si2. The summed E-state index contributed by atoms with van der Waals surface area (Å²) in [6.07, 6.45) is 0. The van der Waals surface area contributed by atoms with Crippen LogP contribution in [0, 0.1) is 0 Å². The van der Waals surface area contributed by atoms with Gasteiger partial charge in [-0.2, -0.15) is 0 Å². The number of rotatable bonds is 7. The van der Waals surface area contributed by atoms with E-state index in [0.717, 1.165) is 38.4 Å². The highest BCUT2D eigenvalue weighted by Crippen LogP contribution is 2.25. The summed E-state index contributed by atoms with van der Waals surface area (Å²) in [5.74, 6) is 0. The number of hydrogen-bond acceptors (Lipinski definition) is 5. The zero-order chi connectivity index (χ0) is 13.6. The lowest BCUT2D eigenvalue weighted by Gasteiger charge is -2.40. The van der Waals surface area contributed by atoms with Gasteiger partial charge in [-0.15, -0.1) is 0 Å². The van der Waals surface area contributed by atoms with Crippen molar-refractivity contribution >= 4 is 17.0 Å². The maximum Gasteiger partial charge on any atom is 0.499 e. The van der Waals surface area contributed by atoms with Crippen molar-refractivity contribution in [1.82, 2.24) is 4.57 Å². The van der Waals surface area contributed by atoms with Crippen molar-refractivity contribution < 1.29 is 18.0 Å². The molecule has 108 valence electrons. The van der Waals surface area contributed by atoms with Gasteiger partial charge in [-0.1, -0.05) is 13.1 Å². The average molecular weight is 294 g/mol. The molecule has 0 saturated carbocycles. The minimum Gasteiger partial charge on any atom is -0.379 e. The van der Waals surface area contributed by atoms with E-state index in [0.29, 0.717) is 0 Å². The topological polar surface area (TPSA) is 40.2 Å². The fraction of sp³-hybridized carbons (Fsp3) is 1.00. The second-order valence-electron chi connectivity index (χ2n) is 5.21. The minimum absolute atomic E-state index is 0.859. The molecule has 0 N–H and O–H groups in total. The van der Waals surface area contributed by atoms with Crippen molar-refractivity contribution in [2.45, 2.75) is 25.2 Å². The Morgan fingerprint density at radius 2 is 1.44 bits per heavy atom. The molecule has 1 fully saturated rings. The van der Waals surface area contributed by atoms with Gasteiger partial charge < -0.3 is 22.6 Å². The first kappa shape index (κ1) is 16.3. The molecule has 0 atom stereocenters. The molecule has 0 aliphatic carbocycles. The number of hydrogen-bond donors (Lipinski definition) is 0. The second kappa shape index (κ2) is 7.13.